The van der Waals surface area contributed by atoms with Gasteiger partial charge in [0.05, 0.1) is 28.4 Å². The predicted octanol–water partition coefficient (Wildman–Crippen LogP) is 6.43. The van der Waals surface area contributed by atoms with E-state index in [1.807, 2.05) is 16.8 Å². The minimum atomic E-state index is -1.19. The second kappa shape index (κ2) is 8.26. The third-order valence-electron chi connectivity index (χ3n) is 4.93. The third-order valence-corrected chi connectivity index (χ3v) is 7.68. The Morgan fingerprint density at radius 2 is 2.07 bits per heavy atom. The van der Waals surface area contributed by atoms with E-state index in [2.05, 4.69) is 29.6 Å². The van der Waals surface area contributed by atoms with Gasteiger partial charge >= 0.3 is 0 Å². The molecule has 0 aliphatic carbocycles. The van der Waals surface area contributed by atoms with Crippen molar-refractivity contribution in [2.45, 2.75) is 32.4 Å². The van der Waals surface area contributed by atoms with E-state index in [9.17, 15) is 0 Å². The second-order valence-electron chi connectivity index (χ2n) is 8.33. The summed E-state index contributed by atoms with van der Waals surface area (Å²) in [6.45, 7) is 7.93. The molecule has 0 N–H and O–H groups in total. The van der Waals surface area contributed by atoms with Crippen LogP contribution in [0.15, 0.2) is 29.9 Å². The molecule has 4 aromatic rings. The first-order valence-electron chi connectivity index (χ1n) is 9.61. The zero-order valence-corrected chi connectivity index (χ0v) is 19.9. The molecule has 158 valence electrons. The lowest BCUT2D eigenvalue weighted by atomic mass is 10.0. The maximum atomic E-state index is 15.5. The van der Waals surface area contributed by atoms with Gasteiger partial charge < -0.3 is 14.0 Å². The molecule has 3 heterocycles. The minimum Gasteiger partial charge on any atom is -0.496 e. The van der Waals surface area contributed by atoms with E-state index < -0.39 is 8.07 Å². The predicted molar refractivity (Wildman–Crippen MR) is 124 cm³/mol. The number of hydrogen-bond acceptors (Lipinski definition) is 5. The lowest BCUT2D eigenvalue weighted by Crippen LogP contribution is -2.22. The number of ether oxygens (including phenoxy) is 2. The minimum absolute atomic E-state index is 0.320. The van der Waals surface area contributed by atoms with Crippen molar-refractivity contribution in [2.24, 2.45) is 0 Å². The van der Waals surface area contributed by atoms with Gasteiger partial charge in [0.25, 0.3) is 0 Å². The number of thiazole rings is 1. The highest BCUT2D eigenvalue weighted by Crippen LogP contribution is 2.42. The highest BCUT2D eigenvalue weighted by molar-refractivity contribution is 7.16. The molecular formula is C21H23ClFN3O2SSi. The summed E-state index contributed by atoms with van der Waals surface area (Å²) in [5.74, 6) is 0.0834. The first kappa shape index (κ1) is 21.2. The molecule has 1 aromatic carbocycles. The molecule has 0 saturated heterocycles. The van der Waals surface area contributed by atoms with Gasteiger partial charge in [-0.15, -0.1) is 11.3 Å². The van der Waals surface area contributed by atoms with Gasteiger partial charge in [0.15, 0.2) is 5.82 Å². The molecule has 9 heteroatoms. The van der Waals surface area contributed by atoms with Crippen LogP contribution in [0, 0.1) is 5.82 Å². The number of benzene rings is 1. The van der Waals surface area contributed by atoms with Gasteiger partial charge in [-0.3, -0.25) is 0 Å². The van der Waals surface area contributed by atoms with Gasteiger partial charge in [0, 0.05) is 37.9 Å². The first-order valence-corrected chi connectivity index (χ1v) is 14.6. The third kappa shape index (κ3) is 4.09. The molecule has 0 fully saturated rings. The summed E-state index contributed by atoms with van der Waals surface area (Å²) in [4.78, 5) is 8.69. The molecule has 30 heavy (non-hydrogen) atoms. The van der Waals surface area contributed by atoms with Crippen LogP contribution in [-0.2, 0) is 11.5 Å². The van der Waals surface area contributed by atoms with Gasteiger partial charge in [0.1, 0.15) is 23.3 Å². The summed E-state index contributed by atoms with van der Waals surface area (Å²) in [6.07, 6.45) is 1.86. The van der Waals surface area contributed by atoms with Crippen molar-refractivity contribution >= 4 is 52.3 Å². The molecule has 0 radical (unpaired) electrons. The van der Waals surface area contributed by atoms with Crippen molar-refractivity contribution < 1.29 is 13.9 Å². The van der Waals surface area contributed by atoms with E-state index in [1.165, 1.54) is 18.4 Å². The maximum absolute atomic E-state index is 15.5. The van der Waals surface area contributed by atoms with Gasteiger partial charge in [0.2, 0.25) is 0 Å². The summed E-state index contributed by atoms with van der Waals surface area (Å²) in [6, 6.07) is 6.40. The van der Waals surface area contributed by atoms with Crippen LogP contribution in [0.4, 0.5) is 4.39 Å². The Morgan fingerprint density at radius 3 is 2.80 bits per heavy atom. The zero-order chi connectivity index (χ0) is 21.5. The van der Waals surface area contributed by atoms with Crippen LogP contribution in [0.25, 0.3) is 32.4 Å². The molecule has 0 amide bonds. The fraction of sp³-hybridized carbons (Fsp3) is 0.333. The van der Waals surface area contributed by atoms with Crippen LogP contribution in [0.1, 0.15) is 0 Å². The van der Waals surface area contributed by atoms with Gasteiger partial charge in [-0.25, -0.2) is 14.4 Å². The fourth-order valence-electron chi connectivity index (χ4n) is 3.33. The Labute approximate surface area is 184 Å². The highest BCUT2D eigenvalue weighted by atomic mass is 35.5. The monoisotopic (exact) mass is 463 g/mol. The standard InChI is InChI=1S/C21H23ClFN3O2SSi/c1-27-16-9-15-20(29-11-24-15)19(23)18(16)14-10-26(12-28-7-8-30(2,3)4)21-13(14)5-6-17(22)25-21/h5-6,9-11H,7-8,12H2,1-4H3. The van der Waals surface area contributed by atoms with Crippen LogP contribution in [-0.4, -0.2) is 36.3 Å². The van der Waals surface area contributed by atoms with Crippen LogP contribution in [0.5, 0.6) is 5.75 Å². The quantitative estimate of drug-likeness (QED) is 0.180. The van der Waals surface area contributed by atoms with Gasteiger partial charge in [-0.1, -0.05) is 31.2 Å². The van der Waals surface area contributed by atoms with Gasteiger partial charge in [-0.05, 0) is 18.2 Å². The number of hydrogen-bond donors (Lipinski definition) is 0. The smallest absolute Gasteiger partial charge is 0.154 e. The van der Waals surface area contributed by atoms with Crippen LogP contribution >= 0.6 is 22.9 Å². The molecule has 3 aromatic heterocycles. The molecule has 0 aliphatic heterocycles. The average Bonchev–Trinajstić information content (AvgIpc) is 3.29. The number of fused-ring (bicyclic) bond motifs is 2. The molecule has 0 unspecified atom stereocenters. The highest BCUT2D eigenvalue weighted by Gasteiger charge is 2.22. The van der Waals surface area contributed by atoms with E-state index in [0.717, 1.165) is 11.4 Å². The summed E-state index contributed by atoms with van der Waals surface area (Å²) in [5, 5.41) is 1.16. The van der Waals surface area contributed by atoms with Crippen molar-refractivity contribution in [3.63, 3.8) is 0 Å². The first-order chi connectivity index (χ1) is 14.3. The topological polar surface area (TPSA) is 49.2 Å². The van der Waals surface area contributed by atoms with E-state index in [4.69, 9.17) is 21.1 Å². The molecule has 5 nitrogen and oxygen atoms in total. The van der Waals surface area contributed by atoms with E-state index in [0.29, 0.717) is 51.2 Å². The fourth-order valence-corrected chi connectivity index (χ4v) is 4.94. The average molecular weight is 464 g/mol. The molecule has 0 saturated carbocycles. The largest absolute Gasteiger partial charge is 0.496 e. The summed E-state index contributed by atoms with van der Waals surface area (Å²) in [7, 11) is 0.345. The Kier molecular flexibility index (Phi) is 5.85. The van der Waals surface area contributed by atoms with Crippen molar-refractivity contribution in [3.8, 4) is 16.9 Å². The maximum Gasteiger partial charge on any atom is 0.154 e. The van der Waals surface area contributed by atoms with Crippen LogP contribution in [0.3, 0.4) is 0 Å². The van der Waals surface area contributed by atoms with Crippen molar-refractivity contribution in [3.05, 3.63) is 40.9 Å². The number of halogens is 2. The normalized spacial score (nSPS) is 12.2. The number of rotatable bonds is 7. The summed E-state index contributed by atoms with van der Waals surface area (Å²) in [5.41, 5.74) is 3.94. The molecule has 0 aliphatic rings. The molecule has 0 bridgehead atoms. The van der Waals surface area contributed by atoms with Crippen LogP contribution < -0.4 is 4.74 Å². The van der Waals surface area contributed by atoms with Crippen molar-refractivity contribution in [2.75, 3.05) is 13.7 Å². The van der Waals surface area contributed by atoms with Crippen molar-refractivity contribution in [1.82, 2.24) is 14.5 Å². The Balaban J connectivity index is 1.80. The number of aromatic nitrogens is 3. The van der Waals surface area contributed by atoms with Gasteiger partial charge in [-0.2, -0.15) is 0 Å². The number of nitrogens with zero attached hydrogens (tertiary/aromatic N) is 3. The molecule has 0 spiro atoms. The lowest BCUT2D eigenvalue weighted by molar-refractivity contribution is 0.0899. The van der Waals surface area contributed by atoms with Crippen molar-refractivity contribution in [1.29, 1.82) is 0 Å². The van der Waals surface area contributed by atoms with E-state index >= 15 is 4.39 Å². The zero-order valence-electron chi connectivity index (χ0n) is 17.3. The molecular weight excluding hydrogens is 441 g/mol. The Morgan fingerprint density at radius 1 is 1.27 bits per heavy atom. The Bertz CT molecular complexity index is 1220. The van der Waals surface area contributed by atoms with E-state index in [1.54, 1.807) is 17.6 Å². The summed E-state index contributed by atoms with van der Waals surface area (Å²) < 4.78 is 29.3. The van der Waals surface area contributed by atoms with Crippen LogP contribution in [0.2, 0.25) is 30.8 Å². The molecule has 4 rings (SSSR count). The lowest BCUT2D eigenvalue weighted by Gasteiger charge is -2.15. The summed E-state index contributed by atoms with van der Waals surface area (Å²) >= 11 is 7.42. The second-order valence-corrected chi connectivity index (χ2v) is 15.2. The Hall–Kier alpha value is -2.00. The number of methoxy groups -OCH3 is 1. The number of pyridine rings is 1. The molecule has 0 atom stereocenters. The van der Waals surface area contributed by atoms with E-state index in [-0.39, 0.29) is 5.82 Å². The SMILES string of the molecule is COc1cc2ncsc2c(F)c1-c1cn(COCC[Si](C)(C)C)c2nc(Cl)ccc12.